The number of amides is 2. The minimum absolute atomic E-state index is 0.0360. The lowest BCUT2D eigenvalue weighted by atomic mass is 10.2. The summed E-state index contributed by atoms with van der Waals surface area (Å²) in [7, 11) is 0. The topological polar surface area (TPSA) is 58.6 Å². The largest absolute Gasteiger partial charge is 0.376 e. The molecule has 1 unspecified atom stereocenters. The number of hydrogen-bond acceptors (Lipinski definition) is 3. The quantitative estimate of drug-likeness (QED) is 0.833. The third-order valence-corrected chi connectivity index (χ3v) is 4.14. The van der Waals surface area contributed by atoms with Gasteiger partial charge in [-0.1, -0.05) is 6.07 Å². The zero-order valence-electron chi connectivity index (χ0n) is 14.3. The lowest BCUT2D eigenvalue weighted by Gasteiger charge is -2.24. The molecule has 1 fully saturated rings. The Kier molecular flexibility index (Phi) is 6.73. The molecule has 0 saturated carbocycles. The summed E-state index contributed by atoms with van der Waals surface area (Å²) in [6.45, 7) is 5.65. The maximum Gasteiger partial charge on any atom is 0.224 e. The zero-order valence-corrected chi connectivity index (χ0v) is 14.3. The monoisotopic (exact) mass is 336 g/mol. The van der Waals surface area contributed by atoms with E-state index in [4.69, 9.17) is 4.74 Å². The average molecular weight is 336 g/mol. The van der Waals surface area contributed by atoms with Gasteiger partial charge in [-0.3, -0.25) is 9.59 Å². The van der Waals surface area contributed by atoms with Gasteiger partial charge in [0.25, 0.3) is 0 Å². The number of likely N-dealkylation sites (N-methyl/N-ethyl adjacent to an activating group) is 1. The summed E-state index contributed by atoms with van der Waals surface area (Å²) in [6.07, 6.45) is 2.25. The second-order valence-corrected chi connectivity index (χ2v) is 6.10. The number of halogens is 1. The molecule has 5 nitrogen and oxygen atoms in total. The van der Waals surface area contributed by atoms with Crippen molar-refractivity contribution in [3.8, 4) is 0 Å². The van der Waals surface area contributed by atoms with Crippen LogP contribution in [0.1, 0.15) is 38.2 Å². The minimum Gasteiger partial charge on any atom is -0.376 e. The Balaban J connectivity index is 1.81. The first-order valence-corrected chi connectivity index (χ1v) is 8.45. The number of carbonyl (C=O) groups is 2. The Morgan fingerprint density at radius 3 is 2.83 bits per heavy atom. The van der Waals surface area contributed by atoms with Gasteiger partial charge in [-0.2, -0.15) is 0 Å². The van der Waals surface area contributed by atoms with Crippen molar-refractivity contribution < 1.29 is 18.7 Å². The third kappa shape index (κ3) is 5.30. The van der Waals surface area contributed by atoms with Crippen molar-refractivity contribution in [1.29, 1.82) is 0 Å². The number of nitrogens with zero attached hydrogens (tertiary/aromatic N) is 1. The Morgan fingerprint density at radius 2 is 2.17 bits per heavy atom. The van der Waals surface area contributed by atoms with E-state index in [2.05, 4.69) is 5.32 Å². The highest BCUT2D eigenvalue weighted by atomic mass is 19.1. The second-order valence-electron chi connectivity index (χ2n) is 6.10. The predicted octanol–water partition coefficient (Wildman–Crippen LogP) is 2.88. The summed E-state index contributed by atoms with van der Waals surface area (Å²) in [5.74, 6) is -0.914. The van der Waals surface area contributed by atoms with Crippen molar-refractivity contribution in [2.24, 2.45) is 0 Å². The van der Waals surface area contributed by atoms with E-state index in [-0.39, 0.29) is 36.4 Å². The van der Waals surface area contributed by atoms with Crippen LogP contribution in [-0.4, -0.2) is 42.5 Å². The summed E-state index contributed by atoms with van der Waals surface area (Å²) >= 11 is 0. The van der Waals surface area contributed by atoms with Crippen molar-refractivity contribution in [1.82, 2.24) is 4.90 Å². The molecule has 1 N–H and O–H groups in total. The Labute approximate surface area is 142 Å². The Morgan fingerprint density at radius 1 is 1.38 bits per heavy atom. The first-order valence-electron chi connectivity index (χ1n) is 8.45. The zero-order chi connectivity index (χ0) is 17.5. The van der Waals surface area contributed by atoms with Gasteiger partial charge in [0.1, 0.15) is 5.82 Å². The lowest BCUT2D eigenvalue weighted by Crippen LogP contribution is -2.37. The molecule has 132 valence electrons. The number of ether oxygens (including phenoxy) is 1. The number of rotatable bonds is 7. The number of aryl methyl sites for hydroxylation is 1. The maximum atomic E-state index is 13.6. The summed E-state index contributed by atoms with van der Waals surface area (Å²) in [5.41, 5.74) is 1.01. The molecule has 1 aromatic carbocycles. The van der Waals surface area contributed by atoms with E-state index in [1.807, 2.05) is 13.8 Å². The smallest absolute Gasteiger partial charge is 0.224 e. The van der Waals surface area contributed by atoms with Gasteiger partial charge in [0.15, 0.2) is 0 Å². The van der Waals surface area contributed by atoms with Gasteiger partial charge < -0.3 is 15.0 Å². The van der Waals surface area contributed by atoms with E-state index < -0.39 is 5.82 Å². The van der Waals surface area contributed by atoms with E-state index in [0.29, 0.717) is 13.1 Å². The maximum absolute atomic E-state index is 13.6. The van der Waals surface area contributed by atoms with Crippen molar-refractivity contribution in [3.63, 3.8) is 0 Å². The number of hydrogen-bond donors (Lipinski definition) is 1. The highest BCUT2D eigenvalue weighted by molar-refractivity contribution is 5.93. The van der Waals surface area contributed by atoms with Crippen molar-refractivity contribution in [3.05, 3.63) is 29.6 Å². The molecular formula is C18H25FN2O3. The standard InChI is InChI=1S/C18H25FN2O3/c1-3-21(12-14-5-4-10-24-14)18(23)9-8-17(22)20-16-11-13(2)6-7-15(16)19/h6-7,11,14H,3-5,8-10,12H2,1-2H3,(H,20,22). The molecule has 1 aromatic rings. The van der Waals surface area contributed by atoms with Crippen molar-refractivity contribution in [2.45, 2.75) is 45.6 Å². The van der Waals surface area contributed by atoms with Crippen LogP contribution in [0.25, 0.3) is 0 Å². The van der Waals surface area contributed by atoms with Crippen molar-refractivity contribution >= 4 is 17.5 Å². The highest BCUT2D eigenvalue weighted by Crippen LogP contribution is 2.17. The van der Waals surface area contributed by atoms with Gasteiger partial charge in [-0.25, -0.2) is 4.39 Å². The Bertz CT molecular complexity index is 586. The molecule has 1 atom stereocenters. The van der Waals surface area contributed by atoms with E-state index in [1.54, 1.807) is 17.0 Å². The van der Waals surface area contributed by atoms with Crippen molar-refractivity contribution in [2.75, 3.05) is 25.0 Å². The number of carbonyl (C=O) groups excluding carboxylic acids is 2. The molecule has 1 aliphatic heterocycles. The molecule has 1 heterocycles. The molecule has 0 aliphatic carbocycles. The molecule has 2 amide bonds. The van der Waals surface area contributed by atoms with E-state index >= 15 is 0 Å². The van der Waals surface area contributed by atoms with Crippen LogP contribution >= 0.6 is 0 Å². The summed E-state index contributed by atoms with van der Waals surface area (Å²) in [5, 5.41) is 2.53. The van der Waals surface area contributed by atoms with E-state index in [0.717, 1.165) is 25.0 Å². The van der Waals surface area contributed by atoms with Gasteiger partial charge in [0, 0.05) is 32.5 Å². The number of anilines is 1. The molecule has 1 saturated heterocycles. The summed E-state index contributed by atoms with van der Waals surface area (Å²) < 4.78 is 19.2. The molecule has 24 heavy (non-hydrogen) atoms. The van der Waals surface area contributed by atoms with Crippen LogP contribution in [-0.2, 0) is 14.3 Å². The molecular weight excluding hydrogens is 311 g/mol. The van der Waals surface area contributed by atoms with Crippen LogP contribution in [0.3, 0.4) is 0 Å². The van der Waals surface area contributed by atoms with Crippen LogP contribution in [0.2, 0.25) is 0 Å². The fraction of sp³-hybridized carbons (Fsp3) is 0.556. The van der Waals surface area contributed by atoms with Crippen LogP contribution in [0, 0.1) is 12.7 Å². The van der Waals surface area contributed by atoms with Crippen LogP contribution < -0.4 is 5.32 Å². The average Bonchev–Trinajstić information content (AvgIpc) is 3.07. The van der Waals surface area contributed by atoms with Crippen LogP contribution in [0.4, 0.5) is 10.1 Å². The molecule has 0 bridgehead atoms. The fourth-order valence-corrected chi connectivity index (χ4v) is 2.77. The third-order valence-electron chi connectivity index (χ3n) is 4.14. The second kappa shape index (κ2) is 8.78. The van der Waals surface area contributed by atoms with Gasteiger partial charge in [-0.15, -0.1) is 0 Å². The molecule has 0 radical (unpaired) electrons. The first-order chi connectivity index (χ1) is 11.5. The summed E-state index contributed by atoms with van der Waals surface area (Å²) in [6, 6.07) is 4.53. The summed E-state index contributed by atoms with van der Waals surface area (Å²) in [4.78, 5) is 25.9. The SMILES string of the molecule is CCN(CC1CCCO1)C(=O)CCC(=O)Nc1cc(C)ccc1F. The molecule has 6 heteroatoms. The van der Waals surface area contributed by atoms with Gasteiger partial charge >= 0.3 is 0 Å². The lowest BCUT2D eigenvalue weighted by molar-refractivity contribution is -0.134. The molecule has 0 aromatic heterocycles. The van der Waals surface area contributed by atoms with Crippen LogP contribution in [0.15, 0.2) is 18.2 Å². The highest BCUT2D eigenvalue weighted by Gasteiger charge is 2.22. The Hall–Kier alpha value is -1.95. The molecule has 1 aliphatic rings. The van der Waals surface area contributed by atoms with Gasteiger partial charge in [0.05, 0.1) is 11.8 Å². The number of benzene rings is 1. The fourth-order valence-electron chi connectivity index (χ4n) is 2.77. The number of nitrogens with one attached hydrogen (secondary N) is 1. The van der Waals surface area contributed by atoms with Gasteiger partial charge in [0.2, 0.25) is 11.8 Å². The van der Waals surface area contributed by atoms with Gasteiger partial charge in [-0.05, 0) is 44.4 Å². The van der Waals surface area contributed by atoms with E-state index in [1.165, 1.54) is 6.07 Å². The molecule has 2 rings (SSSR count). The molecule has 0 spiro atoms. The van der Waals surface area contributed by atoms with E-state index in [9.17, 15) is 14.0 Å². The normalized spacial score (nSPS) is 16.9. The first kappa shape index (κ1) is 18.4. The predicted molar refractivity (Wildman–Crippen MR) is 90.2 cm³/mol. The van der Waals surface area contributed by atoms with Crippen LogP contribution in [0.5, 0.6) is 0 Å². The minimum atomic E-state index is -0.478.